The fourth-order valence-corrected chi connectivity index (χ4v) is 3.27. The summed E-state index contributed by atoms with van der Waals surface area (Å²) in [5.74, 6) is -0.557. The molecule has 7 heteroatoms. The highest BCUT2D eigenvalue weighted by Gasteiger charge is 2.19. The minimum atomic E-state index is -0.557. The van der Waals surface area contributed by atoms with E-state index in [-0.39, 0.29) is 12.6 Å². The Labute approximate surface area is 172 Å². The Morgan fingerprint density at radius 1 is 1.00 bits per heavy atom. The molecule has 0 radical (unpaired) electrons. The van der Waals surface area contributed by atoms with Crippen molar-refractivity contribution in [3.05, 3.63) is 83.4 Å². The number of nitrogens with one attached hydrogen (secondary N) is 2. The van der Waals surface area contributed by atoms with Gasteiger partial charge in [0.25, 0.3) is 0 Å². The molecule has 1 aromatic heterocycles. The third-order valence-corrected chi connectivity index (χ3v) is 4.79. The normalized spacial score (nSPS) is 10.7. The lowest BCUT2D eigenvalue weighted by Crippen LogP contribution is -2.28. The molecule has 3 amide bonds. The number of carbonyl (C=O) groups excluding carboxylic acids is 2. The van der Waals surface area contributed by atoms with E-state index in [0.717, 1.165) is 16.7 Å². The van der Waals surface area contributed by atoms with Crippen molar-refractivity contribution in [2.75, 3.05) is 5.32 Å². The fraction of sp³-hybridized carbons (Fsp3) is 0.0870. The van der Waals surface area contributed by atoms with E-state index in [0.29, 0.717) is 27.9 Å². The van der Waals surface area contributed by atoms with Crippen LogP contribution in [0.2, 0.25) is 0 Å². The molecule has 4 rings (SSSR count). The lowest BCUT2D eigenvalue weighted by atomic mass is 9.99. The highest BCUT2D eigenvalue weighted by atomic mass is 16.5. The first-order valence-corrected chi connectivity index (χ1v) is 9.41. The number of anilines is 1. The molecule has 0 atom stereocenters. The molecule has 4 N–H and O–H groups in total. The first-order valence-electron chi connectivity index (χ1n) is 9.41. The molecule has 30 heavy (non-hydrogen) atoms. The zero-order valence-electron chi connectivity index (χ0n) is 16.3. The molecule has 150 valence electrons. The number of aryl methyl sites for hydroxylation is 1. The molecule has 0 saturated heterocycles. The monoisotopic (exact) mass is 400 g/mol. The SMILES string of the molecule is Cc1ccc(NC(=O)NCc2ccccc2-c2noc3cccc(C(N)=O)c23)cc1. The van der Waals surface area contributed by atoms with E-state index in [2.05, 4.69) is 15.8 Å². The molecule has 7 nitrogen and oxygen atoms in total. The van der Waals surface area contributed by atoms with Crippen LogP contribution in [0, 0.1) is 6.92 Å². The van der Waals surface area contributed by atoms with Gasteiger partial charge in [0.1, 0.15) is 5.69 Å². The van der Waals surface area contributed by atoms with Gasteiger partial charge < -0.3 is 20.9 Å². The molecule has 0 aliphatic rings. The van der Waals surface area contributed by atoms with Gasteiger partial charge in [-0.05, 0) is 36.8 Å². The second-order valence-corrected chi connectivity index (χ2v) is 6.90. The van der Waals surface area contributed by atoms with Crippen molar-refractivity contribution in [3.8, 4) is 11.3 Å². The van der Waals surface area contributed by atoms with Crippen LogP contribution in [0.3, 0.4) is 0 Å². The lowest BCUT2D eigenvalue weighted by Gasteiger charge is -2.11. The van der Waals surface area contributed by atoms with E-state index in [1.165, 1.54) is 0 Å². The molecule has 0 spiro atoms. The summed E-state index contributed by atoms with van der Waals surface area (Å²) in [6.07, 6.45) is 0. The highest BCUT2D eigenvalue weighted by Crippen LogP contribution is 2.32. The number of rotatable bonds is 5. The Balaban J connectivity index is 1.59. The van der Waals surface area contributed by atoms with Gasteiger partial charge in [0.15, 0.2) is 5.58 Å². The number of amides is 3. The van der Waals surface area contributed by atoms with Crippen LogP contribution in [-0.2, 0) is 6.54 Å². The van der Waals surface area contributed by atoms with Gasteiger partial charge in [0, 0.05) is 17.8 Å². The van der Waals surface area contributed by atoms with E-state index in [1.54, 1.807) is 18.2 Å². The molecule has 0 unspecified atom stereocenters. The molecule has 0 bridgehead atoms. The molecular weight excluding hydrogens is 380 g/mol. The highest BCUT2D eigenvalue weighted by molar-refractivity contribution is 6.10. The molecule has 0 aliphatic carbocycles. The van der Waals surface area contributed by atoms with E-state index in [4.69, 9.17) is 10.3 Å². The van der Waals surface area contributed by atoms with Gasteiger partial charge in [-0.25, -0.2) is 4.79 Å². The maximum Gasteiger partial charge on any atom is 0.319 e. The Kier molecular flexibility index (Phi) is 5.17. The van der Waals surface area contributed by atoms with Crippen molar-refractivity contribution >= 4 is 28.6 Å². The molecule has 4 aromatic rings. The van der Waals surface area contributed by atoms with Crippen LogP contribution in [0.25, 0.3) is 22.2 Å². The number of primary amides is 1. The molecule has 1 heterocycles. The number of aromatic nitrogens is 1. The predicted octanol–water partition coefficient (Wildman–Crippen LogP) is 4.22. The lowest BCUT2D eigenvalue weighted by molar-refractivity contribution is 0.100. The number of benzene rings is 3. The van der Waals surface area contributed by atoms with Crippen LogP contribution in [0.15, 0.2) is 71.3 Å². The van der Waals surface area contributed by atoms with Gasteiger partial charge in [-0.2, -0.15) is 0 Å². The second-order valence-electron chi connectivity index (χ2n) is 6.90. The largest absolute Gasteiger partial charge is 0.366 e. The van der Waals surface area contributed by atoms with Gasteiger partial charge in [-0.1, -0.05) is 53.2 Å². The van der Waals surface area contributed by atoms with Crippen LogP contribution in [0.5, 0.6) is 0 Å². The van der Waals surface area contributed by atoms with Gasteiger partial charge >= 0.3 is 6.03 Å². The van der Waals surface area contributed by atoms with Gasteiger partial charge in [0.05, 0.1) is 10.9 Å². The van der Waals surface area contributed by atoms with E-state index < -0.39 is 5.91 Å². The Morgan fingerprint density at radius 3 is 2.53 bits per heavy atom. The Hall–Kier alpha value is -4.13. The molecule has 0 fully saturated rings. The minimum absolute atomic E-state index is 0.265. The van der Waals surface area contributed by atoms with Crippen molar-refractivity contribution in [1.82, 2.24) is 10.5 Å². The van der Waals surface area contributed by atoms with E-state index in [9.17, 15) is 9.59 Å². The summed E-state index contributed by atoms with van der Waals surface area (Å²) in [6.45, 7) is 2.25. The minimum Gasteiger partial charge on any atom is -0.366 e. The topological polar surface area (TPSA) is 110 Å². The van der Waals surface area contributed by atoms with Crippen LogP contribution in [0.1, 0.15) is 21.5 Å². The molecule has 3 aromatic carbocycles. The summed E-state index contributed by atoms with van der Waals surface area (Å²) < 4.78 is 5.41. The average Bonchev–Trinajstić information content (AvgIpc) is 3.18. The molecular formula is C23H20N4O3. The second kappa shape index (κ2) is 8.08. The summed E-state index contributed by atoms with van der Waals surface area (Å²) in [5, 5.41) is 10.4. The van der Waals surface area contributed by atoms with Crippen LogP contribution < -0.4 is 16.4 Å². The number of hydrogen-bond acceptors (Lipinski definition) is 4. The van der Waals surface area contributed by atoms with E-state index in [1.807, 2.05) is 55.5 Å². The summed E-state index contributed by atoms with van der Waals surface area (Å²) >= 11 is 0. The number of nitrogens with zero attached hydrogens (tertiary/aromatic N) is 1. The first-order chi connectivity index (χ1) is 14.5. The van der Waals surface area contributed by atoms with Crippen LogP contribution in [-0.4, -0.2) is 17.1 Å². The zero-order valence-corrected chi connectivity index (χ0v) is 16.3. The number of fused-ring (bicyclic) bond motifs is 1. The predicted molar refractivity (Wildman–Crippen MR) is 115 cm³/mol. The number of nitrogens with two attached hydrogens (primary N) is 1. The van der Waals surface area contributed by atoms with Crippen molar-refractivity contribution in [3.63, 3.8) is 0 Å². The standard InChI is InChI=1S/C23H20N4O3/c1-14-9-11-16(12-10-14)26-23(29)25-13-15-5-2-3-6-17(15)21-20-18(22(24)28)7-4-8-19(20)30-27-21/h2-12H,13H2,1H3,(H2,24,28)(H2,25,26,29). The maximum atomic E-state index is 12.3. The average molecular weight is 400 g/mol. The summed E-state index contributed by atoms with van der Waals surface area (Å²) in [4.78, 5) is 24.2. The van der Waals surface area contributed by atoms with Crippen molar-refractivity contribution in [2.45, 2.75) is 13.5 Å². The van der Waals surface area contributed by atoms with Crippen LogP contribution in [0.4, 0.5) is 10.5 Å². The molecule has 0 saturated carbocycles. The van der Waals surface area contributed by atoms with Crippen molar-refractivity contribution < 1.29 is 14.1 Å². The first kappa shape index (κ1) is 19.2. The van der Waals surface area contributed by atoms with Gasteiger partial charge in [-0.3, -0.25) is 4.79 Å². The number of urea groups is 1. The van der Waals surface area contributed by atoms with Crippen molar-refractivity contribution in [2.24, 2.45) is 5.73 Å². The zero-order chi connectivity index (χ0) is 21.1. The van der Waals surface area contributed by atoms with Crippen LogP contribution >= 0.6 is 0 Å². The third-order valence-electron chi connectivity index (χ3n) is 4.79. The summed E-state index contributed by atoms with van der Waals surface area (Å²) in [6, 6.07) is 19.8. The Bertz CT molecular complexity index is 1230. The maximum absolute atomic E-state index is 12.3. The summed E-state index contributed by atoms with van der Waals surface area (Å²) in [7, 11) is 0. The fourth-order valence-electron chi connectivity index (χ4n) is 3.27. The smallest absolute Gasteiger partial charge is 0.319 e. The van der Waals surface area contributed by atoms with Crippen molar-refractivity contribution in [1.29, 1.82) is 0 Å². The van der Waals surface area contributed by atoms with E-state index >= 15 is 0 Å². The number of carbonyl (C=O) groups is 2. The van der Waals surface area contributed by atoms with Gasteiger partial charge in [0.2, 0.25) is 5.91 Å². The number of hydrogen-bond donors (Lipinski definition) is 3. The van der Waals surface area contributed by atoms with Gasteiger partial charge in [-0.15, -0.1) is 0 Å². The Morgan fingerprint density at radius 2 is 1.77 bits per heavy atom. The molecule has 0 aliphatic heterocycles. The third kappa shape index (κ3) is 3.86. The summed E-state index contributed by atoms with van der Waals surface area (Å²) in [5.41, 5.74) is 10.3. The quantitative estimate of drug-likeness (QED) is 0.466.